The molecule has 0 radical (unpaired) electrons. The van der Waals surface area contributed by atoms with E-state index < -0.39 is 11.4 Å². The van der Waals surface area contributed by atoms with Gasteiger partial charge in [-0.15, -0.1) is 0 Å². The van der Waals surface area contributed by atoms with E-state index in [1.807, 2.05) is 0 Å². The van der Waals surface area contributed by atoms with Crippen LogP contribution in [0.25, 0.3) is 0 Å². The van der Waals surface area contributed by atoms with Crippen LogP contribution in [0.1, 0.15) is 50.2 Å². The van der Waals surface area contributed by atoms with Gasteiger partial charge in [-0.1, -0.05) is 24.4 Å². The van der Waals surface area contributed by atoms with E-state index in [9.17, 15) is 9.90 Å². The average molecular weight is 282 g/mol. The quantitative estimate of drug-likeness (QED) is 0.772. The zero-order chi connectivity index (χ0) is 14.4. The normalized spacial score (nSPS) is 18.1. The number of hydrogen-bond donors (Lipinski definition) is 1. The van der Waals surface area contributed by atoms with E-state index in [0.29, 0.717) is 44.0 Å². The minimum atomic E-state index is -0.740. The molecular weight excluding hydrogens is 260 g/mol. The molecule has 0 amide bonds. The fourth-order valence-corrected chi connectivity index (χ4v) is 2.82. The third kappa shape index (κ3) is 3.56. The van der Waals surface area contributed by atoms with Crippen LogP contribution in [-0.2, 0) is 22.4 Å². The Hall–Kier alpha value is -1.43. The molecule has 2 rings (SSSR count). The van der Waals surface area contributed by atoms with Crippen LogP contribution < -0.4 is 0 Å². The van der Waals surface area contributed by atoms with Gasteiger partial charge in [0, 0.05) is 26.6 Å². The highest BCUT2D eigenvalue weighted by Gasteiger charge is 2.41. The van der Waals surface area contributed by atoms with Gasteiger partial charge < -0.3 is 14.4 Å². The van der Waals surface area contributed by atoms with Crippen molar-refractivity contribution in [3.8, 4) is 0 Å². The molecule has 1 heterocycles. The summed E-state index contributed by atoms with van der Waals surface area (Å²) in [6.45, 7) is 0.656. The highest BCUT2D eigenvalue weighted by atomic mass is 16.5. The van der Waals surface area contributed by atoms with Gasteiger partial charge in [0.2, 0.25) is 5.89 Å². The summed E-state index contributed by atoms with van der Waals surface area (Å²) in [5.41, 5.74) is -0.714. The Morgan fingerprint density at radius 2 is 2.15 bits per heavy atom. The number of ether oxygens (including phenoxy) is 1. The lowest BCUT2D eigenvalue weighted by Crippen LogP contribution is -2.35. The van der Waals surface area contributed by atoms with Crippen LogP contribution in [0.2, 0.25) is 0 Å². The predicted molar refractivity (Wildman–Crippen MR) is 71.4 cm³/mol. The van der Waals surface area contributed by atoms with Crippen LogP contribution in [0, 0.1) is 5.41 Å². The summed E-state index contributed by atoms with van der Waals surface area (Å²) in [6, 6.07) is 0. The number of carboxylic acids is 1. The van der Waals surface area contributed by atoms with Gasteiger partial charge in [0.25, 0.3) is 0 Å². The van der Waals surface area contributed by atoms with E-state index in [1.165, 1.54) is 0 Å². The summed E-state index contributed by atoms with van der Waals surface area (Å²) in [6.07, 6.45) is 6.30. The van der Waals surface area contributed by atoms with Crippen molar-refractivity contribution < 1.29 is 19.2 Å². The van der Waals surface area contributed by atoms with Gasteiger partial charge in [-0.05, 0) is 19.3 Å². The summed E-state index contributed by atoms with van der Waals surface area (Å²) in [4.78, 5) is 15.9. The Kier molecular flexibility index (Phi) is 5.11. The minimum absolute atomic E-state index is 0.347. The largest absolute Gasteiger partial charge is 0.481 e. The predicted octanol–water partition coefficient (Wildman–Crippen LogP) is 2.23. The first-order valence-corrected chi connectivity index (χ1v) is 7.20. The molecule has 112 valence electrons. The van der Waals surface area contributed by atoms with Gasteiger partial charge in [-0.25, -0.2) is 0 Å². The van der Waals surface area contributed by atoms with E-state index in [1.54, 1.807) is 7.11 Å². The van der Waals surface area contributed by atoms with Gasteiger partial charge in [-0.2, -0.15) is 4.98 Å². The SMILES string of the molecule is COCCCc1noc(CC2(C(=O)O)CCCCC2)n1. The van der Waals surface area contributed by atoms with Gasteiger partial charge in [0.15, 0.2) is 5.82 Å². The first-order valence-electron chi connectivity index (χ1n) is 7.20. The molecule has 1 aromatic rings. The van der Waals surface area contributed by atoms with Gasteiger partial charge >= 0.3 is 5.97 Å². The highest BCUT2D eigenvalue weighted by Crippen LogP contribution is 2.39. The molecule has 1 N–H and O–H groups in total. The number of carbonyl (C=O) groups is 1. The molecule has 0 aliphatic heterocycles. The van der Waals surface area contributed by atoms with Gasteiger partial charge in [-0.3, -0.25) is 4.79 Å². The molecule has 0 saturated heterocycles. The fourth-order valence-electron chi connectivity index (χ4n) is 2.82. The zero-order valence-electron chi connectivity index (χ0n) is 11.9. The van der Waals surface area contributed by atoms with Crippen molar-refractivity contribution in [3.63, 3.8) is 0 Å². The standard InChI is InChI=1S/C14H22N2O4/c1-19-9-5-6-11-15-12(20-16-11)10-14(13(17)18)7-3-2-4-8-14/h2-10H2,1H3,(H,17,18). The Morgan fingerprint density at radius 1 is 1.40 bits per heavy atom. The molecule has 0 unspecified atom stereocenters. The number of nitrogens with zero attached hydrogens (tertiary/aromatic N) is 2. The molecule has 0 bridgehead atoms. The molecular formula is C14H22N2O4. The van der Waals surface area contributed by atoms with Crippen molar-refractivity contribution in [2.45, 2.75) is 51.4 Å². The lowest BCUT2D eigenvalue weighted by atomic mass is 9.72. The lowest BCUT2D eigenvalue weighted by molar-refractivity contribution is -0.151. The van der Waals surface area contributed by atoms with Crippen LogP contribution in [0.5, 0.6) is 0 Å². The van der Waals surface area contributed by atoms with Crippen LogP contribution in [0.3, 0.4) is 0 Å². The average Bonchev–Trinajstić information content (AvgIpc) is 2.87. The highest BCUT2D eigenvalue weighted by molar-refractivity contribution is 5.75. The molecule has 1 fully saturated rings. The molecule has 6 heteroatoms. The van der Waals surface area contributed by atoms with E-state index in [-0.39, 0.29) is 0 Å². The molecule has 0 spiro atoms. The number of rotatable bonds is 7. The topological polar surface area (TPSA) is 85.5 Å². The summed E-state index contributed by atoms with van der Waals surface area (Å²) in [7, 11) is 1.65. The minimum Gasteiger partial charge on any atom is -0.481 e. The lowest BCUT2D eigenvalue weighted by Gasteiger charge is -2.31. The Bertz CT molecular complexity index is 438. The maximum atomic E-state index is 11.6. The molecule has 20 heavy (non-hydrogen) atoms. The first kappa shape index (κ1) is 15.0. The van der Waals surface area contributed by atoms with Crippen molar-refractivity contribution in [1.29, 1.82) is 0 Å². The van der Waals surface area contributed by atoms with Crippen molar-refractivity contribution in [2.75, 3.05) is 13.7 Å². The Balaban J connectivity index is 1.98. The monoisotopic (exact) mass is 282 g/mol. The van der Waals surface area contributed by atoms with Gasteiger partial charge in [0.1, 0.15) is 0 Å². The third-order valence-corrected chi connectivity index (χ3v) is 4.01. The Morgan fingerprint density at radius 3 is 2.80 bits per heavy atom. The zero-order valence-corrected chi connectivity index (χ0v) is 11.9. The molecule has 0 aromatic carbocycles. The molecule has 1 aliphatic rings. The summed E-state index contributed by atoms with van der Waals surface area (Å²) < 4.78 is 10.2. The first-order chi connectivity index (χ1) is 9.66. The van der Waals surface area contributed by atoms with Gasteiger partial charge in [0.05, 0.1) is 5.41 Å². The summed E-state index contributed by atoms with van der Waals surface area (Å²) in [5.74, 6) is 0.339. The van der Waals surface area contributed by atoms with Crippen LogP contribution in [0.15, 0.2) is 4.52 Å². The van der Waals surface area contributed by atoms with E-state index in [4.69, 9.17) is 9.26 Å². The molecule has 1 aliphatic carbocycles. The second-order valence-corrected chi connectivity index (χ2v) is 5.52. The van der Waals surface area contributed by atoms with Crippen molar-refractivity contribution in [2.24, 2.45) is 5.41 Å². The summed E-state index contributed by atoms with van der Waals surface area (Å²) >= 11 is 0. The maximum absolute atomic E-state index is 11.6. The van der Waals surface area contributed by atoms with Crippen LogP contribution >= 0.6 is 0 Å². The molecule has 1 aromatic heterocycles. The summed E-state index contributed by atoms with van der Waals surface area (Å²) in [5, 5.41) is 13.4. The number of carboxylic acid groups (broad SMARTS) is 1. The van der Waals surface area contributed by atoms with Crippen molar-refractivity contribution in [3.05, 3.63) is 11.7 Å². The van der Waals surface area contributed by atoms with Crippen LogP contribution in [0.4, 0.5) is 0 Å². The second-order valence-electron chi connectivity index (χ2n) is 5.52. The third-order valence-electron chi connectivity index (χ3n) is 4.01. The smallest absolute Gasteiger partial charge is 0.310 e. The Labute approximate surface area is 118 Å². The number of aromatic nitrogens is 2. The fraction of sp³-hybridized carbons (Fsp3) is 0.786. The van der Waals surface area contributed by atoms with Crippen molar-refractivity contribution in [1.82, 2.24) is 10.1 Å². The molecule has 6 nitrogen and oxygen atoms in total. The van der Waals surface area contributed by atoms with E-state index in [2.05, 4.69) is 10.1 Å². The number of aliphatic carboxylic acids is 1. The number of hydrogen-bond acceptors (Lipinski definition) is 5. The molecule has 1 saturated carbocycles. The number of methoxy groups -OCH3 is 1. The van der Waals surface area contributed by atoms with E-state index >= 15 is 0 Å². The molecule has 0 atom stereocenters. The second kappa shape index (κ2) is 6.83. The number of aryl methyl sites for hydroxylation is 1. The van der Waals surface area contributed by atoms with Crippen LogP contribution in [-0.4, -0.2) is 34.9 Å². The van der Waals surface area contributed by atoms with E-state index in [0.717, 1.165) is 25.7 Å². The van der Waals surface area contributed by atoms with Crippen molar-refractivity contribution >= 4 is 5.97 Å². The maximum Gasteiger partial charge on any atom is 0.310 e.